The van der Waals surface area contributed by atoms with Crippen LogP contribution in [-0.4, -0.2) is 46.1 Å². The highest BCUT2D eigenvalue weighted by molar-refractivity contribution is 9.10. The first-order valence-corrected chi connectivity index (χ1v) is 8.30. The van der Waals surface area contributed by atoms with E-state index in [1.54, 1.807) is 6.07 Å². The van der Waals surface area contributed by atoms with Gasteiger partial charge in [-0.3, -0.25) is 0 Å². The molecular weight excluding hydrogens is 384 g/mol. The molecule has 0 saturated carbocycles. The summed E-state index contributed by atoms with van der Waals surface area (Å²) >= 11 is 3.30. The lowest BCUT2D eigenvalue weighted by Crippen LogP contribution is -2.32. The van der Waals surface area contributed by atoms with E-state index in [4.69, 9.17) is 15.2 Å². The monoisotopic (exact) mass is 400 g/mol. The number of rotatable bonds is 4. The number of hydrogen-bond acceptors (Lipinski definition) is 5. The molecule has 0 amide bonds. The number of hydrogen-bond donors (Lipinski definition) is 1. The van der Waals surface area contributed by atoms with Crippen molar-refractivity contribution >= 4 is 38.4 Å². The SMILES string of the molecule is COc1cc(OC)c(S(=O)(=O)N2CCC(N)C2)cc1Br.Cl. The van der Waals surface area contributed by atoms with Crippen LogP contribution < -0.4 is 15.2 Å². The highest BCUT2D eigenvalue weighted by atomic mass is 79.9. The Morgan fingerprint density at radius 3 is 2.38 bits per heavy atom. The molecule has 0 radical (unpaired) electrons. The Bertz CT molecular complexity index is 612. The zero-order valence-corrected chi connectivity index (χ0v) is 14.9. The van der Waals surface area contributed by atoms with Gasteiger partial charge in [0.2, 0.25) is 10.0 Å². The van der Waals surface area contributed by atoms with Gasteiger partial charge in [0.1, 0.15) is 16.4 Å². The van der Waals surface area contributed by atoms with Crippen LogP contribution in [0, 0.1) is 0 Å². The van der Waals surface area contributed by atoms with Crippen molar-refractivity contribution in [1.29, 1.82) is 0 Å². The van der Waals surface area contributed by atoms with Gasteiger partial charge in [0.15, 0.2) is 0 Å². The number of methoxy groups -OCH3 is 2. The molecule has 0 spiro atoms. The number of nitrogens with two attached hydrogens (primary N) is 1. The second-order valence-corrected chi connectivity index (χ2v) is 7.31. The highest BCUT2D eigenvalue weighted by Crippen LogP contribution is 2.37. The van der Waals surface area contributed by atoms with E-state index in [-0.39, 0.29) is 29.1 Å². The van der Waals surface area contributed by atoms with Gasteiger partial charge in [0.05, 0.1) is 18.7 Å². The molecule has 0 bridgehead atoms. The molecule has 6 nitrogen and oxygen atoms in total. The molecule has 0 aliphatic carbocycles. The Balaban J connectivity index is 0.00000220. The maximum Gasteiger partial charge on any atom is 0.246 e. The maximum atomic E-state index is 12.6. The summed E-state index contributed by atoms with van der Waals surface area (Å²) in [5.74, 6) is 0.768. The van der Waals surface area contributed by atoms with E-state index in [2.05, 4.69) is 15.9 Å². The molecule has 1 unspecified atom stereocenters. The third-order valence-corrected chi connectivity index (χ3v) is 5.75. The number of sulfonamides is 1. The summed E-state index contributed by atoms with van der Waals surface area (Å²) in [7, 11) is -0.684. The lowest BCUT2D eigenvalue weighted by Gasteiger charge is -2.19. The van der Waals surface area contributed by atoms with Crippen LogP contribution in [0.25, 0.3) is 0 Å². The fourth-order valence-electron chi connectivity index (χ4n) is 2.15. The third kappa shape index (κ3) is 3.62. The van der Waals surface area contributed by atoms with Gasteiger partial charge in [-0.2, -0.15) is 4.31 Å². The summed E-state index contributed by atoms with van der Waals surface area (Å²) in [5.41, 5.74) is 5.78. The topological polar surface area (TPSA) is 81.9 Å². The largest absolute Gasteiger partial charge is 0.495 e. The van der Waals surface area contributed by atoms with Crippen molar-refractivity contribution in [3.63, 3.8) is 0 Å². The molecule has 1 heterocycles. The molecule has 1 aromatic carbocycles. The number of benzene rings is 1. The quantitative estimate of drug-likeness (QED) is 0.829. The Hall–Kier alpha value is -0.540. The van der Waals surface area contributed by atoms with Crippen molar-refractivity contribution in [1.82, 2.24) is 4.31 Å². The van der Waals surface area contributed by atoms with Gasteiger partial charge in [-0.05, 0) is 28.4 Å². The molecule has 1 aromatic rings. The lowest BCUT2D eigenvalue weighted by molar-refractivity contribution is 0.382. The first-order chi connectivity index (χ1) is 9.40. The molecule has 1 fully saturated rings. The van der Waals surface area contributed by atoms with Gasteiger partial charge >= 0.3 is 0 Å². The smallest absolute Gasteiger partial charge is 0.246 e. The van der Waals surface area contributed by atoms with Gasteiger partial charge in [-0.15, -0.1) is 12.4 Å². The zero-order chi connectivity index (χ0) is 14.9. The summed E-state index contributed by atoms with van der Waals surface area (Å²) in [6, 6.07) is 2.93. The van der Waals surface area contributed by atoms with Crippen LogP contribution in [0.2, 0.25) is 0 Å². The highest BCUT2D eigenvalue weighted by Gasteiger charge is 2.33. The minimum absolute atomic E-state index is 0. The molecule has 9 heteroatoms. The summed E-state index contributed by atoms with van der Waals surface area (Å²) < 4.78 is 37.5. The first kappa shape index (κ1) is 18.5. The van der Waals surface area contributed by atoms with Crippen LogP contribution >= 0.6 is 28.3 Å². The van der Waals surface area contributed by atoms with Crippen LogP contribution in [0.4, 0.5) is 0 Å². The fourth-order valence-corrected chi connectivity index (χ4v) is 4.48. The van der Waals surface area contributed by atoms with E-state index < -0.39 is 10.0 Å². The number of halogens is 2. The van der Waals surface area contributed by atoms with E-state index >= 15 is 0 Å². The average molecular weight is 402 g/mol. The minimum Gasteiger partial charge on any atom is -0.495 e. The summed E-state index contributed by atoms with van der Waals surface area (Å²) in [4.78, 5) is 0.113. The molecule has 120 valence electrons. The van der Waals surface area contributed by atoms with E-state index in [1.807, 2.05) is 0 Å². The van der Waals surface area contributed by atoms with Crippen molar-refractivity contribution < 1.29 is 17.9 Å². The average Bonchev–Trinajstić information content (AvgIpc) is 2.85. The standard InChI is InChI=1S/C12H17BrN2O4S.ClH/c1-18-10-6-11(19-2)12(5-9(10)13)20(16,17)15-4-3-8(14)7-15;/h5-6,8H,3-4,7,14H2,1-2H3;1H. The Morgan fingerprint density at radius 2 is 1.90 bits per heavy atom. The number of ether oxygens (including phenoxy) is 2. The zero-order valence-electron chi connectivity index (χ0n) is 11.7. The van der Waals surface area contributed by atoms with Crippen LogP contribution in [0.1, 0.15) is 6.42 Å². The minimum atomic E-state index is -3.62. The number of nitrogens with zero attached hydrogens (tertiary/aromatic N) is 1. The first-order valence-electron chi connectivity index (χ1n) is 6.07. The molecule has 1 aliphatic rings. The molecule has 1 aliphatic heterocycles. The van der Waals surface area contributed by atoms with Crippen molar-refractivity contribution in [2.75, 3.05) is 27.3 Å². The molecular formula is C12H18BrClN2O4S. The molecule has 2 rings (SSSR count). The third-order valence-electron chi connectivity index (χ3n) is 3.24. The maximum absolute atomic E-state index is 12.6. The van der Waals surface area contributed by atoms with Crippen LogP contribution in [-0.2, 0) is 10.0 Å². The fraction of sp³-hybridized carbons (Fsp3) is 0.500. The summed E-state index contributed by atoms with van der Waals surface area (Å²) in [5, 5.41) is 0. The van der Waals surface area contributed by atoms with E-state index in [0.29, 0.717) is 29.7 Å². The molecule has 1 saturated heterocycles. The lowest BCUT2D eigenvalue weighted by atomic mass is 10.3. The Kier molecular flexibility index (Phi) is 6.30. The Labute approximate surface area is 139 Å². The normalized spacial score (nSPS) is 19.1. The van der Waals surface area contributed by atoms with E-state index in [9.17, 15) is 8.42 Å². The molecule has 2 N–H and O–H groups in total. The van der Waals surface area contributed by atoms with Crippen LogP contribution in [0.15, 0.2) is 21.5 Å². The predicted molar refractivity (Wildman–Crippen MR) is 85.8 cm³/mol. The summed E-state index contributed by atoms with van der Waals surface area (Å²) in [6.45, 7) is 0.755. The Morgan fingerprint density at radius 1 is 1.29 bits per heavy atom. The van der Waals surface area contributed by atoms with Crippen molar-refractivity contribution in [3.8, 4) is 11.5 Å². The van der Waals surface area contributed by atoms with E-state index in [1.165, 1.54) is 24.6 Å². The molecule has 0 aromatic heterocycles. The summed E-state index contributed by atoms with van der Waals surface area (Å²) in [6.07, 6.45) is 0.666. The van der Waals surface area contributed by atoms with Gasteiger partial charge in [0, 0.05) is 25.2 Å². The van der Waals surface area contributed by atoms with Gasteiger partial charge < -0.3 is 15.2 Å². The second-order valence-electron chi connectivity index (χ2n) is 4.55. The van der Waals surface area contributed by atoms with Gasteiger partial charge in [-0.25, -0.2) is 8.42 Å². The van der Waals surface area contributed by atoms with Crippen molar-refractivity contribution in [2.24, 2.45) is 5.73 Å². The van der Waals surface area contributed by atoms with Crippen LogP contribution in [0.3, 0.4) is 0 Å². The van der Waals surface area contributed by atoms with Crippen LogP contribution in [0.5, 0.6) is 11.5 Å². The van der Waals surface area contributed by atoms with E-state index in [0.717, 1.165) is 0 Å². The molecule has 1 atom stereocenters. The van der Waals surface area contributed by atoms with Gasteiger partial charge in [0.25, 0.3) is 0 Å². The molecule has 21 heavy (non-hydrogen) atoms. The van der Waals surface area contributed by atoms with Crippen molar-refractivity contribution in [2.45, 2.75) is 17.4 Å². The van der Waals surface area contributed by atoms with Gasteiger partial charge in [-0.1, -0.05) is 0 Å². The van der Waals surface area contributed by atoms with Crippen molar-refractivity contribution in [3.05, 3.63) is 16.6 Å². The second kappa shape index (κ2) is 7.15. The predicted octanol–water partition coefficient (Wildman–Crippen LogP) is 1.61.